The van der Waals surface area contributed by atoms with Crippen molar-refractivity contribution in [3.8, 4) is 33.8 Å². The van der Waals surface area contributed by atoms with E-state index in [4.69, 9.17) is 14.4 Å². The van der Waals surface area contributed by atoms with E-state index in [0.29, 0.717) is 5.82 Å². The van der Waals surface area contributed by atoms with Crippen LogP contribution in [0.15, 0.2) is 126 Å². The summed E-state index contributed by atoms with van der Waals surface area (Å²) in [5, 5.41) is 3.26. The molecule has 38 heavy (non-hydrogen) atoms. The van der Waals surface area contributed by atoms with Crippen LogP contribution in [0.4, 0.5) is 0 Å². The molecule has 5 aromatic carbocycles. The highest BCUT2D eigenvalue weighted by molar-refractivity contribution is 7.26. The molecule has 0 atom stereocenters. The number of aromatic nitrogens is 2. The molecule has 3 aromatic heterocycles. The van der Waals surface area contributed by atoms with Crippen molar-refractivity contribution in [3.63, 3.8) is 0 Å². The van der Waals surface area contributed by atoms with Crippen molar-refractivity contribution in [1.82, 2.24) is 9.97 Å². The highest BCUT2D eigenvalue weighted by Gasteiger charge is 2.21. The molecule has 0 aliphatic carbocycles. The van der Waals surface area contributed by atoms with Gasteiger partial charge in [-0.25, -0.2) is 9.97 Å². The van der Waals surface area contributed by atoms with Gasteiger partial charge in [0.05, 0.1) is 15.9 Å². The number of thiophene rings is 1. The molecule has 0 unspecified atom stereocenters. The van der Waals surface area contributed by atoms with Gasteiger partial charge >= 0.3 is 0 Å². The molecule has 0 N–H and O–H groups in total. The number of rotatable bonds is 3. The quantitative estimate of drug-likeness (QED) is 0.240. The lowest BCUT2D eigenvalue weighted by Crippen LogP contribution is -1.94. The Balaban J connectivity index is 1.49. The van der Waals surface area contributed by atoms with Crippen LogP contribution in [-0.4, -0.2) is 9.97 Å². The SMILES string of the molecule is c1ccc(-c2ccc(-c3nc(-c4ccccc4)c4sc5ccccc5c4n3)c3c2oc2ccccc23)cc1. The molecule has 0 bridgehead atoms. The number of hydrogen-bond donors (Lipinski definition) is 0. The maximum atomic E-state index is 6.50. The Morgan fingerprint density at radius 1 is 0.553 bits per heavy atom. The van der Waals surface area contributed by atoms with Crippen LogP contribution in [0.3, 0.4) is 0 Å². The Kier molecular flexibility index (Phi) is 4.69. The summed E-state index contributed by atoms with van der Waals surface area (Å²) in [7, 11) is 0. The zero-order valence-electron chi connectivity index (χ0n) is 20.3. The second kappa shape index (κ2) is 8.37. The Morgan fingerprint density at radius 2 is 1.21 bits per heavy atom. The Hall–Kier alpha value is -4.80. The fourth-order valence-corrected chi connectivity index (χ4v) is 6.52. The fourth-order valence-electron chi connectivity index (χ4n) is 5.36. The highest BCUT2D eigenvalue weighted by Crippen LogP contribution is 2.43. The van der Waals surface area contributed by atoms with Crippen LogP contribution in [0, 0.1) is 0 Å². The molecular weight excluding hydrogens is 484 g/mol. The van der Waals surface area contributed by atoms with Crippen LogP contribution in [0.5, 0.6) is 0 Å². The normalized spacial score (nSPS) is 11.7. The summed E-state index contributed by atoms with van der Waals surface area (Å²) in [6, 6.07) is 41.8. The summed E-state index contributed by atoms with van der Waals surface area (Å²) in [5.74, 6) is 0.705. The van der Waals surface area contributed by atoms with Crippen LogP contribution in [0.2, 0.25) is 0 Å². The first-order valence-corrected chi connectivity index (χ1v) is 13.4. The second-order valence-electron chi connectivity index (χ2n) is 9.37. The average Bonchev–Trinajstić information content (AvgIpc) is 3.56. The van der Waals surface area contributed by atoms with Crippen LogP contribution < -0.4 is 0 Å². The van der Waals surface area contributed by atoms with Gasteiger partial charge in [-0.15, -0.1) is 11.3 Å². The van der Waals surface area contributed by atoms with E-state index < -0.39 is 0 Å². The first kappa shape index (κ1) is 21.3. The lowest BCUT2D eigenvalue weighted by molar-refractivity contribution is 0.670. The fraction of sp³-hybridized carbons (Fsp3) is 0. The van der Waals surface area contributed by atoms with Crippen LogP contribution in [0.1, 0.15) is 0 Å². The van der Waals surface area contributed by atoms with Crippen LogP contribution in [-0.2, 0) is 0 Å². The topological polar surface area (TPSA) is 38.9 Å². The second-order valence-corrected chi connectivity index (χ2v) is 10.4. The minimum Gasteiger partial charge on any atom is -0.455 e. The molecule has 8 aromatic rings. The third kappa shape index (κ3) is 3.21. The van der Waals surface area contributed by atoms with Gasteiger partial charge in [0.1, 0.15) is 11.2 Å². The minimum absolute atomic E-state index is 0.705. The minimum atomic E-state index is 0.705. The summed E-state index contributed by atoms with van der Waals surface area (Å²) in [5.41, 5.74) is 7.90. The zero-order chi connectivity index (χ0) is 25.1. The molecular formula is C34H20N2OS. The van der Waals surface area contributed by atoms with Gasteiger partial charge in [-0.3, -0.25) is 0 Å². The number of para-hydroxylation sites is 1. The van der Waals surface area contributed by atoms with Crippen molar-refractivity contribution in [1.29, 1.82) is 0 Å². The lowest BCUT2D eigenvalue weighted by Gasteiger charge is -2.10. The number of benzene rings is 5. The van der Waals surface area contributed by atoms with E-state index >= 15 is 0 Å². The summed E-state index contributed by atoms with van der Waals surface area (Å²) in [4.78, 5) is 10.4. The largest absolute Gasteiger partial charge is 0.455 e. The van der Waals surface area contributed by atoms with Crippen molar-refractivity contribution in [2.45, 2.75) is 0 Å². The maximum Gasteiger partial charge on any atom is 0.161 e. The first-order chi connectivity index (χ1) is 18.8. The molecule has 4 heteroatoms. The predicted octanol–water partition coefficient (Wildman–Crippen LogP) is 9.74. The monoisotopic (exact) mass is 504 g/mol. The molecule has 3 heterocycles. The molecule has 0 spiro atoms. The number of nitrogens with zero attached hydrogens (tertiary/aromatic N) is 2. The standard InChI is InChI=1S/C34H20N2OS/c1-3-11-21(12-4-1)23-19-20-26(29-24-15-7-9-17-27(24)37-32(23)29)34-35-30(22-13-5-2-6-14-22)33-31(36-34)25-16-8-10-18-28(25)38-33/h1-20H. The maximum absolute atomic E-state index is 6.50. The van der Waals surface area contributed by atoms with Crippen molar-refractivity contribution in [2.24, 2.45) is 0 Å². The van der Waals surface area contributed by atoms with E-state index in [0.717, 1.165) is 65.5 Å². The Morgan fingerprint density at radius 3 is 2.03 bits per heavy atom. The number of furan rings is 1. The average molecular weight is 505 g/mol. The van der Waals surface area contributed by atoms with Gasteiger partial charge in [-0.05, 0) is 29.8 Å². The zero-order valence-corrected chi connectivity index (χ0v) is 21.1. The summed E-state index contributed by atoms with van der Waals surface area (Å²) < 4.78 is 8.82. The predicted molar refractivity (Wildman–Crippen MR) is 159 cm³/mol. The first-order valence-electron chi connectivity index (χ1n) is 12.6. The summed E-state index contributed by atoms with van der Waals surface area (Å²) >= 11 is 1.75. The molecule has 0 saturated heterocycles. The van der Waals surface area contributed by atoms with Gasteiger partial charge in [0.15, 0.2) is 5.82 Å². The molecule has 8 rings (SSSR count). The number of fused-ring (bicyclic) bond motifs is 6. The van der Waals surface area contributed by atoms with Gasteiger partial charge in [-0.2, -0.15) is 0 Å². The summed E-state index contributed by atoms with van der Waals surface area (Å²) in [6.07, 6.45) is 0. The van der Waals surface area contributed by atoms with E-state index in [2.05, 4.69) is 97.1 Å². The van der Waals surface area contributed by atoms with Crippen molar-refractivity contribution in [2.75, 3.05) is 0 Å². The van der Waals surface area contributed by atoms with Gasteiger partial charge in [0.25, 0.3) is 0 Å². The van der Waals surface area contributed by atoms with Gasteiger partial charge in [0, 0.05) is 37.5 Å². The molecule has 3 nitrogen and oxygen atoms in total. The van der Waals surface area contributed by atoms with Gasteiger partial charge in [0.2, 0.25) is 0 Å². The Labute approximate surface area is 222 Å². The lowest BCUT2D eigenvalue weighted by atomic mass is 9.98. The highest BCUT2D eigenvalue weighted by atomic mass is 32.1. The van der Waals surface area contributed by atoms with E-state index in [1.54, 1.807) is 11.3 Å². The van der Waals surface area contributed by atoms with Gasteiger partial charge in [-0.1, -0.05) is 97.1 Å². The van der Waals surface area contributed by atoms with Crippen LogP contribution in [0.25, 0.3) is 76.0 Å². The van der Waals surface area contributed by atoms with E-state index in [-0.39, 0.29) is 0 Å². The third-order valence-electron chi connectivity index (χ3n) is 7.12. The van der Waals surface area contributed by atoms with Crippen molar-refractivity contribution < 1.29 is 4.42 Å². The van der Waals surface area contributed by atoms with Crippen molar-refractivity contribution in [3.05, 3.63) is 121 Å². The third-order valence-corrected chi connectivity index (χ3v) is 8.29. The smallest absolute Gasteiger partial charge is 0.161 e. The molecule has 0 amide bonds. The van der Waals surface area contributed by atoms with E-state index in [1.165, 1.54) is 4.70 Å². The van der Waals surface area contributed by atoms with Crippen LogP contribution >= 0.6 is 11.3 Å². The Bertz CT molecular complexity index is 2130. The molecule has 0 saturated carbocycles. The molecule has 0 aliphatic rings. The van der Waals surface area contributed by atoms with Crippen molar-refractivity contribution >= 4 is 53.6 Å². The molecule has 0 aliphatic heterocycles. The molecule has 178 valence electrons. The number of hydrogen-bond acceptors (Lipinski definition) is 4. The molecule has 0 radical (unpaired) electrons. The summed E-state index contributed by atoms with van der Waals surface area (Å²) in [6.45, 7) is 0. The van der Waals surface area contributed by atoms with E-state index in [9.17, 15) is 0 Å². The van der Waals surface area contributed by atoms with Gasteiger partial charge < -0.3 is 4.42 Å². The van der Waals surface area contributed by atoms with E-state index in [1.807, 2.05) is 24.3 Å². The molecule has 0 fully saturated rings.